The Kier molecular flexibility index (Phi) is 6.58. The molecule has 0 heterocycles. The molecule has 2 aromatic carbocycles. The number of nitrogens with zero attached hydrogens (tertiary/aromatic N) is 1. The van der Waals surface area contributed by atoms with E-state index in [2.05, 4.69) is 31.4 Å². The SMILES string of the molecule is COc1ccc(C(C)(C)C)cc1NC(=O)[C@H](C)NC(=O)c1cccc([N+](=O)[O-])c1. The predicted molar refractivity (Wildman–Crippen MR) is 110 cm³/mol. The third-order valence-corrected chi connectivity index (χ3v) is 4.38. The van der Waals surface area contributed by atoms with Crippen LogP contribution in [0.1, 0.15) is 43.6 Å². The molecule has 0 spiro atoms. The molecule has 0 aliphatic heterocycles. The maximum atomic E-state index is 12.6. The molecule has 0 saturated heterocycles. The predicted octanol–water partition coefficient (Wildman–Crippen LogP) is 3.66. The van der Waals surface area contributed by atoms with E-state index in [4.69, 9.17) is 4.74 Å². The summed E-state index contributed by atoms with van der Waals surface area (Å²) in [7, 11) is 1.51. The lowest BCUT2D eigenvalue weighted by atomic mass is 9.87. The maximum Gasteiger partial charge on any atom is 0.270 e. The number of methoxy groups -OCH3 is 1. The first-order chi connectivity index (χ1) is 13.5. The van der Waals surface area contributed by atoms with E-state index in [1.54, 1.807) is 6.07 Å². The number of ether oxygens (including phenoxy) is 1. The van der Waals surface area contributed by atoms with E-state index in [1.165, 1.54) is 32.2 Å². The average Bonchev–Trinajstić information content (AvgIpc) is 2.67. The molecule has 0 aliphatic rings. The first kappa shape index (κ1) is 21.9. The van der Waals surface area contributed by atoms with Gasteiger partial charge in [0.25, 0.3) is 11.6 Å². The van der Waals surface area contributed by atoms with Crippen molar-refractivity contribution in [3.8, 4) is 5.75 Å². The average molecular weight is 399 g/mol. The first-order valence-corrected chi connectivity index (χ1v) is 9.07. The van der Waals surface area contributed by atoms with Crippen LogP contribution in [0.3, 0.4) is 0 Å². The van der Waals surface area contributed by atoms with Crippen molar-refractivity contribution in [3.05, 3.63) is 63.7 Å². The normalized spacial score (nSPS) is 12.0. The molecule has 2 amide bonds. The number of hydrogen-bond donors (Lipinski definition) is 2. The number of carbonyl (C=O) groups excluding carboxylic acids is 2. The van der Waals surface area contributed by atoms with E-state index in [-0.39, 0.29) is 16.7 Å². The molecule has 0 saturated carbocycles. The molecule has 154 valence electrons. The number of non-ortho nitro benzene ring substituents is 1. The highest BCUT2D eigenvalue weighted by molar-refractivity contribution is 6.01. The monoisotopic (exact) mass is 399 g/mol. The van der Waals surface area contributed by atoms with Crippen LogP contribution in [0.4, 0.5) is 11.4 Å². The summed E-state index contributed by atoms with van der Waals surface area (Å²) in [5.41, 5.74) is 1.31. The maximum absolute atomic E-state index is 12.6. The van der Waals surface area contributed by atoms with Crippen molar-refractivity contribution in [2.45, 2.75) is 39.2 Å². The number of nitro groups is 1. The van der Waals surface area contributed by atoms with Crippen LogP contribution in [0.5, 0.6) is 5.75 Å². The van der Waals surface area contributed by atoms with Crippen LogP contribution < -0.4 is 15.4 Å². The van der Waals surface area contributed by atoms with Gasteiger partial charge in [-0.1, -0.05) is 32.9 Å². The lowest BCUT2D eigenvalue weighted by Gasteiger charge is -2.22. The van der Waals surface area contributed by atoms with Gasteiger partial charge in [-0.3, -0.25) is 19.7 Å². The highest BCUT2D eigenvalue weighted by atomic mass is 16.6. The van der Waals surface area contributed by atoms with Gasteiger partial charge in [-0.25, -0.2) is 0 Å². The summed E-state index contributed by atoms with van der Waals surface area (Å²) in [6.07, 6.45) is 0. The highest BCUT2D eigenvalue weighted by Crippen LogP contribution is 2.31. The van der Waals surface area contributed by atoms with Gasteiger partial charge in [-0.05, 0) is 36.1 Å². The molecule has 0 aliphatic carbocycles. The van der Waals surface area contributed by atoms with Gasteiger partial charge in [-0.2, -0.15) is 0 Å². The Bertz CT molecular complexity index is 934. The molecule has 2 aromatic rings. The van der Waals surface area contributed by atoms with E-state index < -0.39 is 22.8 Å². The van der Waals surface area contributed by atoms with Crippen LogP contribution in [0, 0.1) is 10.1 Å². The molecule has 1 atom stereocenters. The second-order valence-electron chi connectivity index (χ2n) is 7.66. The standard InChI is InChI=1S/C21H25N3O5/c1-13(22-20(26)14-7-6-8-16(11-14)24(27)28)19(25)23-17-12-15(21(2,3)4)9-10-18(17)29-5/h6-13H,1-5H3,(H,22,26)(H,23,25)/t13-/m0/s1. The zero-order valence-corrected chi connectivity index (χ0v) is 17.1. The summed E-state index contributed by atoms with van der Waals surface area (Å²) in [6, 6.07) is 10.0. The van der Waals surface area contributed by atoms with Gasteiger partial charge in [0, 0.05) is 17.7 Å². The van der Waals surface area contributed by atoms with Gasteiger partial charge in [-0.15, -0.1) is 0 Å². The first-order valence-electron chi connectivity index (χ1n) is 9.07. The molecular formula is C21H25N3O5. The number of benzene rings is 2. The summed E-state index contributed by atoms with van der Waals surface area (Å²) in [6.45, 7) is 7.71. The second kappa shape index (κ2) is 8.72. The van der Waals surface area contributed by atoms with E-state index in [0.717, 1.165) is 11.6 Å². The molecule has 8 heteroatoms. The minimum atomic E-state index is -0.871. The molecule has 0 radical (unpaired) electrons. The number of carbonyl (C=O) groups is 2. The fourth-order valence-corrected chi connectivity index (χ4v) is 2.62. The minimum Gasteiger partial charge on any atom is -0.495 e. The van der Waals surface area contributed by atoms with Crippen molar-refractivity contribution in [1.82, 2.24) is 5.32 Å². The van der Waals surface area contributed by atoms with Crippen molar-refractivity contribution < 1.29 is 19.2 Å². The summed E-state index contributed by atoms with van der Waals surface area (Å²) >= 11 is 0. The topological polar surface area (TPSA) is 111 Å². The van der Waals surface area contributed by atoms with Gasteiger partial charge in [0.1, 0.15) is 11.8 Å². The zero-order chi connectivity index (χ0) is 21.8. The summed E-state index contributed by atoms with van der Waals surface area (Å²) in [4.78, 5) is 35.2. The van der Waals surface area contributed by atoms with Crippen LogP contribution in [0.15, 0.2) is 42.5 Å². The zero-order valence-electron chi connectivity index (χ0n) is 17.1. The number of anilines is 1. The summed E-state index contributed by atoms with van der Waals surface area (Å²) in [5.74, 6) is -0.511. The Balaban J connectivity index is 2.14. The Morgan fingerprint density at radius 1 is 1.14 bits per heavy atom. The Labute approximate surface area is 169 Å². The molecule has 2 rings (SSSR count). The quantitative estimate of drug-likeness (QED) is 0.569. The second-order valence-corrected chi connectivity index (χ2v) is 7.66. The molecular weight excluding hydrogens is 374 g/mol. The Hall–Kier alpha value is -3.42. The number of nitro benzene ring substituents is 1. The van der Waals surface area contributed by atoms with Gasteiger partial charge < -0.3 is 15.4 Å². The molecule has 29 heavy (non-hydrogen) atoms. The molecule has 0 bridgehead atoms. The minimum absolute atomic E-state index is 0.103. The Morgan fingerprint density at radius 2 is 1.83 bits per heavy atom. The molecule has 0 unspecified atom stereocenters. The van der Waals surface area contributed by atoms with Crippen molar-refractivity contribution in [3.63, 3.8) is 0 Å². The lowest BCUT2D eigenvalue weighted by Crippen LogP contribution is -2.41. The van der Waals surface area contributed by atoms with Crippen molar-refractivity contribution >= 4 is 23.2 Å². The molecule has 2 N–H and O–H groups in total. The van der Waals surface area contributed by atoms with Crippen molar-refractivity contribution in [2.75, 3.05) is 12.4 Å². The molecule has 0 aromatic heterocycles. The van der Waals surface area contributed by atoms with E-state index in [0.29, 0.717) is 11.4 Å². The van der Waals surface area contributed by atoms with Gasteiger partial charge in [0.2, 0.25) is 5.91 Å². The third kappa shape index (κ3) is 5.54. The van der Waals surface area contributed by atoms with Crippen LogP contribution in [-0.4, -0.2) is 29.9 Å². The number of hydrogen-bond acceptors (Lipinski definition) is 5. The van der Waals surface area contributed by atoms with Gasteiger partial charge in [0.05, 0.1) is 17.7 Å². The highest BCUT2D eigenvalue weighted by Gasteiger charge is 2.21. The smallest absolute Gasteiger partial charge is 0.270 e. The number of amides is 2. The largest absolute Gasteiger partial charge is 0.495 e. The van der Waals surface area contributed by atoms with Crippen LogP contribution >= 0.6 is 0 Å². The van der Waals surface area contributed by atoms with E-state index >= 15 is 0 Å². The van der Waals surface area contributed by atoms with Gasteiger partial charge >= 0.3 is 0 Å². The summed E-state index contributed by atoms with van der Waals surface area (Å²) in [5, 5.41) is 16.2. The third-order valence-electron chi connectivity index (χ3n) is 4.38. The number of nitrogens with one attached hydrogen (secondary N) is 2. The lowest BCUT2D eigenvalue weighted by molar-refractivity contribution is -0.384. The van der Waals surface area contributed by atoms with Crippen molar-refractivity contribution in [1.29, 1.82) is 0 Å². The van der Waals surface area contributed by atoms with Crippen molar-refractivity contribution in [2.24, 2.45) is 0 Å². The Morgan fingerprint density at radius 3 is 2.41 bits per heavy atom. The van der Waals surface area contributed by atoms with E-state index in [1.807, 2.05) is 12.1 Å². The molecule has 8 nitrogen and oxygen atoms in total. The van der Waals surface area contributed by atoms with Crippen LogP contribution in [-0.2, 0) is 10.2 Å². The summed E-state index contributed by atoms with van der Waals surface area (Å²) < 4.78 is 5.31. The van der Waals surface area contributed by atoms with E-state index in [9.17, 15) is 19.7 Å². The van der Waals surface area contributed by atoms with Crippen LogP contribution in [0.2, 0.25) is 0 Å². The number of rotatable bonds is 6. The fraction of sp³-hybridized carbons (Fsp3) is 0.333. The molecule has 0 fully saturated rings. The fourth-order valence-electron chi connectivity index (χ4n) is 2.62. The van der Waals surface area contributed by atoms with Crippen LogP contribution in [0.25, 0.3) is 0 Å². The van der Waals surface area contributed by atoms with Gasteiger partial charge in [0.15, 0.2) is 0 Å².